The molecular weight excluding hydrogens is 1380 g/mol. The minimum Gasteiger partial charge on any atom is -0.370 e. The summed E-state index contributed by atoms with van der Waals surface area (Å²) in [5, 5.41) is 13.6. The number of nitrogens with zero attached hydrogens (tertiary/aromatic N) is 8. The molecule has 0 saturated heterocycles. The zero-order valence-electron chi connectivity index (χ0n) is 61.4. The monoisotopic (exact) mass is 1500 g/mol. The van der Waals surface area contributed by atoms with E-state index in [2.05, 4.69) is 66.5 Å². The largest absolute Gasteiger partial charge is 0.370 e. The molecule has 0 unspecified atom stereocenters. The van der Waals surface area contributed by atoms with Gasteiger partial charge in [-0.1, -0.05) is 13.3 Å². The number of Topliss-reactive ketones (excluding diaryl/α,β-unsaturated/α-hetero) is 5. The van der Waals surface area contributed by atoms with E-state index in [4.69, 9.17) is 103 Å². The summed E-state index contributed by atoms with van der Waals surface area (Å²) in [5.41, 5.74) is 101. The first-order valence-corrected chi connectivity index (χ1v) is 35.6. The number of rotatable bonds is 62. The van der Waals surface area contributed by atoms with Gasteiger partial charge < -0.3 is 130 Å². The van der Waals surface area contributed by atoms with Crippen LogP contribution in [0.15, 0.2) is 39.9 Å². The Labute approximate surface area is 619 Å². The number of carbonyl (C=O) groups excluding carboxylic acids is 11. The highest BCUT2D eigenvalue weighted by atomic mass is 16.2. The fourth-order valence-corrected chi connectivity index (χ4v) is 11.0. The molecule has 42 heteroatoms. The first-order chi connectivity index (χ1) is 50.1. The summed E-state index contributed by atoms with van der Waals surface area (Å²) in [4.78, 5) is 188. The van der Waals surface area contributed by atoms with Gasteiger partial charge in [-0.25, -0.2) is 0 Å². The van der Waals surface area contributed by atoms with E-state index in [0.29, 0.717) is 19.4 Å². The molecule has 600 valence electrons. The number of carbonyl (C=O) groups is 11. The van der Waals surface area contributed by atoms with E-state index >= 15 is 9.59 Å². The van der Waals surface area contributed by atoms with E-state index < -0.39 is 137 Å². The molecule has 42 nitrogen and oxygen atoms in total. The van der Waals surface area contributed by atoms with Crippen LogP contribution in [0.1, 0.15) is 167 Å². The fourth-order valence-electron chi connectivity index (χ4n) is 11.0. The maximum Gasteiger partial charge on any atom is 0.224 e. The molecule has 0 aromatic carbocycles. The second-order valence-corrected chi connectivity index (χ2v) is 25.6. The number of ketones is 5. The lowest BCUT2D eigenvalue weighted by molar-refractivity contribution is -0.136. The van der Waals surface area contributed by atoms with Crippen molar-refractivity contribution in [1.29, 1.82) is 0 Å². The predicted molar refractivity (Wildman–Crippen MR) is 408 cm³/mol. The zero-order chi connectivity index (χ0) is 80.1. The van der Waals surface area contributed by atoms with Crippen LogP contribution in [0.5, 0.6) is 0 Å². The quantitative estimate of drug-likeness (QED) is 0.0153. The molecule has 0 bridgehead atoms. The van der Waals surface area contributed by atoms with Crippen molar-refractivity contribution in [3.05, 3.63) is 0 Å². The molecular formula is C64H123N31O11. The molecule has 0 rings (SSSR count). The van der Waals surface area contributed by atoms with Crippen molar-refractivity contribution in [2.45, 2.75) is 192 Å². The molecule has 0 fully saturated rings. The van der Waals surface area contributed by atoms with Crippen molar-refractivity contribution in [3.63, 3.8) is 0 Å². The van der Waals surface area contributed by atoms with Crippen LogP contribution in [-0.4, -0.2) is 202 Å². The molecule has 0 radical (unpaired) electrons. The molecule has 6 amide bonds. The zero-order valence-corrected chi connectivity index (χ0v) is 61.4. The first-order valence-electron chi connectivity index (χ1n) is 35.6. The van der Waals surface area contributed by atoms with Gasteiger partial charge in [0.2, 0.25) is 35.4 Å². The Bertz CT molecular complexity index is 3020. The van der Waals surface area contributed by atoms with Crippen LogP contribution in [0.2, 0.25) is 0 Å². The van der Waals surface area contributed by atoms with Gasteiger partial charge >= 0.3 is 0 Å². The average molecular weight is 1500 g/mol. The summed E-state index contributed by atoms with van der Waals surface area (Å²) >= 11 is 0. The van der Waals surface area contributed by atoms with Crippen LogP contribution in [0, 0.1) is 29.6 Å². The van der Waals surface area contributed by atoms with Gasteiger partial charge in [-0.2, -0.15) is 0 Å². The maximum absolute atomic E-state index is 15.1. The molecule has 0 aromatic rings. The molecule has 0 aliphatic carbocycles. The Kier molecular flexibility index (Phi) is 50.1. The van der Waals surface area contributed by atoms with Crippen LogP contribution in [0.25, 0.3) is 0 Å². The van der Waals surface area contributed by atoms with Gasteiger partial charge in [-0.15, -0.1) is 0 Å². The Morgan fingerprint density at radius 2 is 0.500 bits per heavy atom. The summed E-state index contributed by atoms with van der Waals surface area (Å²) in [5.74, 6) is -14.9. The SMILES string of the molecule is CCC(=O)NCC(=O)C[C@H](CCCN=C(N)N)C(=O)N[C@H](CCCN=C(N)N)C(=O)C[C@H](CCCN=C(N)N)C(=O)N[C@H](CCCN=C(N)N)C(=O)C[C@H](CCCN=C(N)N)C(=O)N[C@H](CCCN=C(N)N)C(=O)C[C@H](CCCN=C(N)N)C(=O)N[C@H](CCCN=C(N)N)C(=O)C[C@H](CCCCN)C(N)=O. The van der Waals surface area contributed by atoms with Crippen molar-refractivity contribution in [2.75, 3.05) is 65.4 Å². The molecule has 9 atom stereocenters. The van der Waals surface area contributed by atoms with Crippen LogP contribution < -0.4 is 130 Å². The van der Waals surface area contributed by atoms with Crippen molar-refractivity contribution in [3.8, 4) is 0 Å². The Hall–Kier alpha value is -10.7. The highest BCUT2D eigenvalue weighted by molar-refractivity contribution is 5.99. The van der Waals surface area contributed by atoms with Gasteiger partial charge in [0.25, 0.3) is 0 Å². The highest BCUT2D eigenvalue weighted by Gasteiger charge is 2.36. The summed E-state index contributed by atoms with van der Waals surface area (Å²) < 4.78 is 0. The number of nitrogens with two attached hydrogens (primary N) is 18. The molecule has 0 aromatic heterocycles. The number of guanidine groups is 8. The summed E-state index contributed by atoms with van der Waals surface area (Å²) in [6, 6.07) is -5.32. The Morgan fingerprint density at radius 1 is 0.283 bits per heavy atom. The molecule has 0 saturated carbocycles. The lowest BCUT2D eigenvalue weighted by Gasteiger charge is -2.27. The molecule has 0 spiro atoms. The van der Waals surface area contributed by atoms with Crippen LogP contribution in [0.3, 0.4) is 0 Å². The number of unbranched alkanes of at least 4 members (excludes halogenated alkanes) is 1. The van der Waals surface area contributed by atoms with Crippen LogP contribution >= 0.6 is 0 Å². The van der Waals surface area contributed by atoms with Crippen LogP contribution in [0.4, 0.5) is 0 Å². The highest BCUT2D eigenvalue weighted by Crippen LogP contribution is 2.24. The number of aliphatic imine (C=N–C) groups is 8. The molecule has 0 aliphatic rings. The normalized spacial score (nSPS) is 13.3. The minimum absolute atomic E-state index is 0.00331. The minimum atomic E-state index is -1.41. The predicted octanol–water partition coefficient (Wildman–Crippen LogP) is -7.63. The number of nitrogens with one attached hydrogen (secondary N) is 5. The van der Waals surface area contributed by atoms with Gasteiger partial charge in [0.05, 0.1) is 30.7 Å². The number of hydrogen-bond acceptors (Lipinski definition) is 20. The van der Waals surface area contributed by atoms with Gasteiger partial charge in [0.15, 0.2) is 76.6 Å². The second kappa shape index (κ2) is 55.8. The standard InChI is InChI=1S/C64H123N31O11/c1-2-51(101)91-36-42(96)31-38(14-5-23-83-57(67)68)53(103)92-44(19-10-28-88-62(77)78)48(98)33-40(16-7-25-85-59(71)72)55(105)94-46(21-12-30-90-64(81)82)50(100)35-41(17-8-26-86-60(73)74)56(106)95-45(20-11-29-89-63(79)80)49(99)34-39(15-6-24-84-58(69)70)54(104)93-43(18-9-27-87-61(75)76)47(97)32-37(52(66)102)13-3-4-22-65/h37-41,43-46H,2-36,65H2,1H3,(H2,66,102)(H,91,101)(H,92,103)(H,93,104)(H,94,105)(H,95,106)(H4,67,68,83)(H4,69,70,84)(H4,71,72,85)(H4,73,74,86)(H4,75,76,87)(H4,77,78,88)(H4,79,80,89)(H4,81,82,90)/t37-,38-,39-,40-,41-,43+,44+,45+,46+/m0/s1. The van der Waals surface area contributed by atoms with E-state index in [9.17, 15) is 43.2 Å². The van der Waals surface area contributed by atoms with Gasteiger partial charge in [0, 0.05) is 120 Å². The third kappa shape index (κ3) is 47.5. The van der Waals surface area contributed by atoms with E-state index in [-0.39, 0.29) is 235 Å². The van der Waals surface area contributed by atoms with Crippen molar-refractivity contribution in [1.82, 2.24) is 26.6 Å². The lowest BCUT2D eigenvalue weighted by atomic mass is 9.88. The smallest absolute Gasteiger partial charge is 0.224 e. The van der Waals surface area contributed by atoms with Crippen molar-refractivity contribution < 1.29 is 52.7 Å². The Morgan fingerprint density at radius 3 is 0.717 bits per heavy atom. The van der Waals surface area contributed by atoms with E-state index in [1.807, 2.05) is 0 Å². The van der Waals surface area contributed by atoms with Gasteiger partial charge in [-0.05, 0) is 122 Å². The number of amides is 6. The summed E-state index contributed by atoms with van der Waals surface area (Å²) in [6.07, 6.45) is -0.239. The molecule has 0 aliphatic heterocycles. The third-order valence-electron chi connectivity index (χ3n) is 16.6. The van der Waals surface area contributed by atoms with Gasteiger partial charge in [0.1, 0.15) is 0 Å². The molecule has 41 N–H and O–H groups in total. The lowest BCUT2D eigenvalue weighted by Crippen LogP contribution is -2.49. The molecule has 0 heterocycles. The third-order valence-corrected chi connectivity index (χ3v) is 16.6. The van der Waals surface area contributed by atoms with Crippen LogP contribution in [-0.2, 0) is 52.7 Å². The molecule has 106 heavy (non-hydrogen) atoms. The summed E-state index contributed by atoms with van der Waals surface area (Å²) in [7, 11) is 0. The van der Waals surface area contributed by atoms with Crippen molar-refractivity contribution in [2.24, 2.45) is 173 Å². The topological polar surface area (TPSA) is 815 Å². The van der Waals surface area contributed by atoms with E-state index in [0.717, 1.165) is 0 Å². The van der Waals surface area contributed by atoms with E-state index in [1.165, 1.54) is 0 Å². The Balaban J connectivity index is 7.94. The maximum atomic E-state index is 15.1. The van der Waals surface area contributed by atoms with E-state index in [1.54, 1.807) is 6.92 Å². The second-order valence-electron chi connectivity index (χ2n) is 25.6. The summed E-state index contributed by atoms with van der Waals surface area (Å²) in [6.45, 7) is 1.71. The first kappa shape index (κ1) is 95.3. The number of hydrogen-bond donors (Lipinski definition) is 23. The van der Waals surface area contributed by atoms with Crippen molar-refractivity contribution >= 4 is 112 Å². The fraction of sp³-hybridized carbons (Fsp3) is 0.703. The average Bonchev–Trinajstić information content (AvgIpc) is 0.865. The van der Waals surface area contributed by atoms with Gasteiger partial charge in [-0.3, -0.25) is 92.7 Å². The number of primary amides is 1.